The summed E-state index contributed by atoms with van der Waals surface area (Å²) in [6, 6.07) is 1.21. The van der Waals surface area contributed by atoms with Crippen molar-refractivity contribution in [3.8, 4) is 0 Å². The molecule has 2 fully saturated rings. The van der Waals surface area contributed by atoms with E-state index in [2.05, 4.69) is 10.2 Å². The Morgan fingerprint density at radius 1 is 1.40 bits per heavy atom. The Balaban J connectivity index is 1.65. The molecule has 4 heteroatoms. The van der Waals surface area contributed by atoms with Gasteiger partial charge in [-0.05, 0) is 32.2 Å². The lowest BCUT2D eigenvalue weighted by Crippen LogP contribution is -2.37. The summed E-state index contributed by atoms with van der Waals surface area (Å²) in [6.45, 7) is 2.82. The highest BCUT2D eigenvalue weighted by Crippen LogP contribution is 2.29. The van der Waals surface area contributed by atoms with E-state index >= 15 is 0 Å². The van der Waals surface area contributed by atoms with Crippen molar-refractivity contribution in [2.75, 3.05) is 19.6 Å². The van der Waals surface area contributed by atoms with E-state index in [1.165, 1.54) is 12.8 Å². The van der Waals surface area contributed by atoms with Crippen molar-refractivity contribution in [2.24, 2.45) is 5.73 Å². The fraction of sp³-hybridized carbons (Fsp3) is 0.909. The number of hydrogen-bond acceptors (Lipinski definition) is 3. The lowest BCUT2D eigenvalue weighted by atomic mass is 10.2. The van der Waals surface area contributed by atoms with E-state index in [1.54, 1.807) is 0 Å². The van der Waals surface area contributed by atoms with Gasteiger partial charge in [0, 0.05) is 31.6 Å². The smallest absolute Gasteiger partial charge is 0.220 e. The first-order valence-corrected chi connectivity index (χ1v) is 6.03. The normalized spacial score (nSPS) is 26.9. The summed E-state index contributed by atoms with van der Waals surface area (Å²) in [5, 5.41) is 3.09. The molecule has 1 aliphatic heterocycles. The number of hydrogen-bond donors (Lipinski definition) is 2. The maximum absolute atomic E-state index is 11.5. The molecular weight excluding hydrogens is 190 g/mol. The van der Waals surface area contributed by atoms with E-state index in [1.807, 2.05) is 0 Å². The summed E-state index contributed by atoms with van der Waals surface area (Å²) in [4.78, 5) is 14.0. The number of carbonyl (C=O) groups is 1. The first-order valence-electron chi connectivity index (χ1n) is 6.03. The molecule has 0 aromatic rings. The predicted octanol–water partition coefficient (Wildman–Crippen LogP) is 0.0782. The average Bonchev–Trinajstić information content (AvgIpc) is 2.98. The standard InChI is InChI=1S/C11H21N3O/c12-6-1-2-11(15)13-9-5-7-14(8-9)10-3-4-10/h9-10H,1-8,12H2,(H,13,15). The van der Waals surface area contributed by atoms with Gasteiger partial charge in [0.05, 0.1) is 0 Å². The van der Waals surface area contributed by atoms with Gasteiger partial charge in [-0.15, -0.1) is 0 Å². The first-order chi connectivity index (χ1) is 7.29. The van der Waals surface area contributed by atoms with Gasteiger partial charge in [-0.2, -0.15) is 0 Å². The van der Waals surface area contributed by atoms with Gasteiger partial charge in [0.1, 0.15) is 0 Å². The van der Waals surface area contributed by atoms with Crippen LogP contribution in [0, 0.1) is 0 Å². The Morgan fingerprint density at radius 2 is 2.20 bits per heavy atom. The minimum Gasteiger partial charge on any atom is -0.352 e. The lowest BCUT2D eigenvalue weighted by Gasteiger charge is -2.15. The van der Waals surface area contributed by atoms with E-state index in [0.29, 0.717) is 19.0 Å². The molecule has 4 nitrogen and oxygen atoms in total. The number of carbonyl (C=O) groups excluding carboxylic acids is 1. The third kappa shape index (κ3) is 3.18. The summed E-state index contributed by atoms with van der Waals surface area (Å²) in [7, 11) is 0. The van der Waals surface area contributed by atoms with Gasteiger partial charge in [-0.25, -0.2) is 0 Å². The molecule has 1 aliphatic carbocycles. The van der Waals surface area contributed by atoms with Crippen LogP contribution < -0.4 is 11.1 Å². The highest BCUT2D eigenvalue weighted by molar-refractivity contribution is 5.76. The topological polar surface area (TPSA) is 58.4 Å². The Morgan fingerprint density at radius 3 is 2.87 bits per heavy atom. The van der Waals surface area contributed by atoms with Gasteiger partial charge >= 0.3 is 0 Å². The molecule has 0 spiro atoms. The largest absolute Gasteiger partial charge is 0.352 e. The highest BCUT2D eigenvalue weighted by atomic mass is 16.1. The van der Waals surface area contributed by atoms with Crippen LogP contribution >= 0.6 is 0 Å². The van der Waals surface area contributed by atoms with Gasteiger partial charge in [0.15, 0.2) is 0 Å². The zero-order chi connectivity index (χ0) is 10.7. The van der Waals surface area contributed by atoms with Crippen LogP contribution in [-0.4, -0.2) is 42.5 Å². The molecule has 1 heterocycles. The fourth-order valence-corrected chi connectivity index (χ4v) is 2.24. The van der Waals surface area contributed by atoms with Gasteiger partial charge < -0.3 is 11.1 Å². The molecule has 2 aliphatic rings. The third-order valence-electron chi connectivity index (χ3n) is 3.26. The summed E-state index contributed by atoms with van der Waals surface area (Å²) >= 11 is 0. The Hall–Kier alpha value is -0.610. The number of nitrogens with zero attached hydrogens (tertiary/aromatic N) is 1. The molecule has 15 heavy (non-hydrogen) atoms. The molecule has 1 atom stereocenters. The fourth-order valence-electron chi connectivity index (χ4n) is 2.24. The predicted molar refractivity (Wildman–Crippen MR) is 59.4 cm³/mol. The van der Waals surface area contributed by atoms with E-state index in [9.17, 15) is 4.79 Å². The van der Waals surface area contributed by atoms with E-state index in [0.717, 1.165) is 32.0 Å². The van der Waals surface area contributed by atoms with Crippen molar-refractivity contribution >= 4 is 5.91 Å². The molecule has 0 aromatic carbocycles. The van der Waals surface area contributed by atoms with Crippen LogP contribution in [-0.2, 0) is 4.79 Å². The van der Waals surface area contributed by atoms with Crippen molar-refractivity contribution < 1.29 is 4.79 Å². The Bertz CT molecular complexity index is 228. The van der Waals surface area contributed by atoms with Crippen LogP contribution in [0.5, 0.6) is 0 Å². The van der Waals surface area contributed by atoms with Crippen molar-refractivity contribution in [1.82, 2.24) is 10.2 Å². The quantitative estimate of drug-likeness (QED) is 0.677. The van der Waals surface area contributed by atoms with Gasteiger partial charge in [-0.1, -0.05) is 0 Å². The van der Waals surface area contributed by atoms with Crippen molar-refractivity contribution in [3.05, 3.63) is 0 Å². The highest BCUT2D eigenvalue weighted by Gasteiger charge is 2.34. The molecule has 0 aromatic heterocycles. The molecule has 1 unspecified atom stereocenters. The van der Waals surface area contributed by atoms with Crippen molar-refractivity contribution in [3.63, 3.8) is 0 Å². The number of likely N-dealkylation sites (tertiary alicyclic amines) is 1. The first kappa shape index (κ1) is 10.9. The van der Waals surface area contributed by atoms with Crippen LogP contribution in [0.4, 0.5) is 0 Å². The van der Waals surface area contributed by atoms with Crippen molar-refractivity contribution in [1.29, 1.82) is 0 Å². The Kier molecular flexibility index (Phi) is 3.59. The summed E-state index contributed by atoms with van der Waals surface area (Å²) in [5.74, 6) is 0.170. The van der Waals surface area contributed by atoms with Crippen LogP contribution in [0.2, 0.25) is 0 Å². The van der Waals surface area contributed by atoms with E-state index < -0.39 is 0 Å². The number of amides is 1. The molecule has 0 radical (unpaired) electrons. The second-order valence-electron chi connectivity index (χ2n) is 4.67. The van der Waals surface area contributed by atoms with Crippen molar-refractivity contribution in [2.45, 2.75) is 44.2 Å². The molecule has 1 saturated heterocycles. The van der Waals surface area contributed by atoms with E-state index in [-0.39, 0.29) is 5.91 Å². The zero-order valence-corrected chi connectivity index (χ0v) is 9.24. The maximum atomic E-state index is 11.5. The maximum Gasteiger partial charge on any atom is 0.220 e. The van der Waals surface area contributed by atoms with Crippen LogP contribution in [0.1, 0.15) is 32.1 Å². The zero-order valence-electron chi connectivity index (χ0n) is 9.24. The molecule has 3 N–H and O–H groups in total. The second-order valence-corrected chi connectivity index (χ2v) is 4.67. The molecule has 2 rings (SSSR count). The summed E-state index contributed by atoms with van der Waals surface area (Å²) in [6.07, 6.45) is 5.20. The molecule has 86 valence electrons. The minimum atomic E-state index is 0.170. The van der Waals surface area contributed by atoms with E-state index in [4.69, 9.17) is 5.73 Å². The number of rotatable bonds is 5. The lowest BCUT2D eigenvalue weighted by molar-refractivity contribution is -0.121. The van der Waals surface area contributed by atoms with Gasteiger partial charge in [-0.3, -0.25) is 9.69 Å². The SMILES string of the molecule is NCCCC(=O)NC1CCN(C2CC2)C1. The van der Waals surface area contributed by atoms with Gasteiger partial charge in [0.2, 0.25) is 5.91 Å². The average molecular weight is 211 g/mol. The minimum absolute atomic E-state index is 0.170. The Labute approximate surface area is 91.2 Å². The summed E-state index contributed by atoms with van der Waals surface area (Å²) < 4.78 is 0. The third-order valence-corrected chi connectivity index (χ3v) is 3.26. The number of nitrogens with one attached hydrogen (secondary N) is 1. The molecule has 1 amide bonds. The monoisotopic (exact) mass is 211 g/mol. The summed E-state index contributed by atoms with van der Waals surface area (Å²) in [5.41, 5.74) is 5.37. The van der Waals surface area contributed by atoms with Crippen LogP contribution in [0.15, 0.2) is 0 Å². The molecular formula is C11H21N3O. The van der Waals surface area contributed by atoms with Crippen LogP contribution in [0.25, 0.3) is 0 Å². The molecule has 1 saturated carbocycles. The molecule has 0 bridgehead atoms. The second kappa shape index (κ2) is 4.94. The van der Waals surface area contributed by atoms with Crippen LogP contribution in [0.3, 0.4) is 0 Å². The van der Waals surface area contributed by atoms with Gasteiger partial charge in [0.25, 0.3) is 0 Å². The number of nitrogens with two attached hydrogens (primary N) is 1.